The summed E-state index contributed by atoms with van der Waals surface area (Å²) in [7, 11) is 0. The van der Waals surface area contributed by atoms with Gasteiger partial charge in [-0.3, -0.25) is 4.90 Å². The monoisotopic (exact) mass is 457 g/mol. The number of nitrogens with zero attached hydrogens (tertiary/aromatic N) is 4. The first kappa shape index (κ1) is 22.1. The Bertz CT molecular complexity index is 975. The van der Waals surface area contributed by atoms with Crippen molar-refractivity contribution in [1.29, 1.82) is 0 Å². The third kappa shape index (κ3) is 6.23. The topological polar surface area (TPSA) is 55.2 Å². The first-order valence-corrected chi connectivity index (χ1v) is 11.9. The van der Waals surface area contributed by atoms with Gasteiger partial charge in [-0.25, -0.2) is 0 Å². The summed E-state index contributed by atoms with van der Waals surface area (Å²) >= 11 is 8.04. The number of benzene rings is 2. The van der Waals surface area contributed by atoms with Crippen LogP contribution in [-0.2, 0) is 17.8 Å². The molecule has 1 fully saturated rings. The Hall–Kier alpha value is -2.06. The van der Waals surface area contributed by atoms with E-state index in [1.807, 2.05) is 31.2 Å². The molecule has 1 aliphatic heterocycles. The van der Waals surface area contributed by atoms with Crippen molar-refractivity contribution in [1.82, 2.24) is 19.7 Å². The molecule has 0 aliphatic carbocycles. The highest BCUT2D eigenvalue weighted by atomic mass is 35.5. The van der Waals surface area contributed by atoms with Crippen LogP contribution in [0.1, 0.15) is 17.0 Å². The zero-order chi connectivity index (χ0) is 21.5. The van der Waals surface area contributed by atoms with Gasteiger partial charge in [0.15, 0.2) is 11.0 Å². The van der Waals surface area contributed by atoms with E-state index in [1.54, 1.807) is 11.8 Å². The summed E-state index contributed by atoms with van der Waals surface area (Å²) in [6, 6.07) is 16.5. The zero-order valence-electron chi connectivity index (χ0n) is 17.8. The van der Waals surface area contributed by atoms with Crippen molar-refractivity contribution in [3.63, 3.8) is 0 Å². The lowest BCUT2D eigenvalue weighted by Crippen LogP contribution is -2.37. The molecule has 2 heterocycles. The van der Waals surface area contributed by atoms with Crippen molar-refractivity contribution < 1.29 is 4.74 Å². The molecule has 164 valence electrons. The van der Waals surface area contributed by atoms with Crippen molar-refractivity contribution in [3.8, 4) is 0 Å². The van der Waals surface area contributed by atoms with Crippen LogP contribution in [0.25, 0.3) is 0 Å². The minimum Gasteiger partial charge on any atom is -0.379 e. The predicted molar refractivity (Wildman–Crippen MR) is 127 cm³/mol. The van der Waals surface area contributed by atoms with Gasteiger partial charge in [-0.2, -0.15) is 0 Å². The largest absolute Gasteiger partial charge is 0.379 e. The van der Waals surface area contributed by atoms with E-state index in [-0.39, 0.29) is 0 Å². The number of ether oxygens (including phenoxy) is 1. The fraction of sp³-hybridized carbons (Fsp3) is 0.391. The molecule has 0 spiro atoms. The summed E-state index contributed by atoms with van der Waals surface area (Å²) in [6.45, 7) is 8.03. The molecule has 1 aromatic heterocycles. The van der Waals surface area contributed by atoms with Gasteiger partial charge in [-0.15, -0.1) is 10.2 Å². The maximum absolute atomic E-state index is 6.27. The van der Waals surface area contributed by atoms with Gasteiger partial charge in [-0.05, 0) is 30.2 Å². The van der Waals surface area contributed by atoms with Gasteiger partial charge in [0.05, 0.1) is 26.3 Å². The van der Waals surface area contributed by atoms with Crippen LogP contribution in [0, 0.1) is 6.92 Å². The highest BCUT2D eigenvalue weighted by Crippen LogP contribution is 2.22. The van der Waals surface area contributed by atoms with Crippen molar-refractivity contribution >= 4 is 29.1 Å². The average Bonchev–Trinajstić information content (AvgIpc) is 3.17. The number of thioether (sulfide) groups is 1. The number of halogens is 1. The summed E-state index contributed by atoms with van der Waals surface area (Å²) in [5.41, 5.74) is 3.28. The minimum absolute atomic E-state index is 0.587. The standard InChI is InChI=1S/C23H28ClN5OS/c1-18-7-8-20(15-21(18)24)25-16-22-26-27-23(29(22)17-19-5-3-2-4-6-19)31-14-11-28-9-12-30-13-10-28/h2-8,15,25H,9-14,16-17H2,1H3. The fourth-order valence-electron chi connectivity index (χ4n) is 3.46. The molecule has 0 bridgehead atoms. The SMILES string of the molecule is Cc1ccc(NCc2nnc(SCCN3CCOCC3)n2Cc2ccccc2)cc1Cl. The van der Waals surface area contributed by atoms with Gasteiger partial charge >= 0.3 is 0 Å². The third-order valence-electron chi connectivity index (χ3n) is 5.34. The van der Waals surface area contributed by atoms with Crippen LogP contribution in [0.5, 0.6) is 0 Å². The first-order valence-electron chi connectivity index (χ1n) is 10.6. The number of aryl methyl sites for hydroxylation is 1. The maximum atomic E-state index is 6.27. The molecule has 0 radical (unpaired) electrons. The van der Waals surface area contributed by atoms with E-state index < -0.39 is 0 Å². The van der Waals surface area contributed by atoms with E-state index in [0.717, 1.165) is 72.4 Å². The highest BCUT2D eigenvalue weighted by molar-refractivity contribution is 7.99. The smallest absolute Gasteiger partial charge is 0.191 e. The van der Waals surface area contributed by atoms with Crippen molar-refractivity contribution in [2.24, 2.45) is 0 Å². The Balaban J connectivity index is 1.45. The summed E-state index contributed by atoms with van der Waals surface area (Å²) in [5, 5.41) is 14.2. The molecular weight excluding hydrogens is 430 g/mol. The molecule has 6 nitrogen and oxygen atoms in total. The van der Waals surface area contributed by atoms with Crippen LogP contribution in [0.2, 0.25) is 5.02 Å². The van der Waals surface area contributed by atoms with E-state index in [4.69, 9.17) is 16.3 Å². The Morgan fingerprint density at radius 1 is 1.10 bits per heavy atom. The van der Waals surface area contributed by atoms with E-state index in [2.05, 4.69) is 49.2 Å². The Morgan fingerprint density at radius 3 is 2.68 bits per heavy atom. The van der Waals surface area contributed by atoms with E-state index >= 15 is 0 Å². The molecule has 0 saturated carbocycles. The minimum atomic E-state index is 0.587. The molecule has 0 atom stereocenters. The molecule has 1 saturated heterocycles. The lowest BCUT2D eigenvalue weighted by molar-refractivity contribution is 0.0410. The summed E-state index contributed by atoms with van der Waals surface area (Å²) in [4.78, 5) is 2.44. The molecule has 0 amide bonds. The Labute approximate surface area is 193 Å². The van der Waals surface area contributed by atoms with Crippen LogP contribution < -0.4 is 5.32 Å². The fourth-order valence-corrected chi connectivity index (χ4v) is 4.59. The third-order valence-corrected chi connectivity index (χ3v) is 6.70. The van der Waals surface area contributed by atoms with Gasteiger partial charge in [-0.1, -0.05) is 59.8 Å². The molecule has 4 rings (SSSR count). The molecule has 1 aliphatic rings. The number of rotatable bonds is 9. The quantitative estimate of drug-likeness (QED) is 0.483. The van der Waals surface area contributed by atoms with Crippen LogP contribution in [0.4, 0.5) is 5.69 Å². The molecule has 3 aromatic rings. The summed E-state index contributed by atoms with van der Waals surface area (Å²) in [5.74, 6) is 1.89. The van der Waals surface area contributed by atoms with Gasteiger partial charge < -0.3 is 14.6 Å². The molecule has 0 unspecified atom stereocenters. The molecular formula is C23H28ClN5OS. The normalized spacial score (nSPS) is 14.6. The Morgan fingerprint density at radius 2 is 1.90 bits per heavy atom. The van der Waals surface area contributed by atoms with Crippen molar-refractivity contribution in [2.45, 2.75) is 25.2 Å². The highest BCUT2D eigenvalue weighted by Gasteiger charge is 2.15. The molecule has 2 aromatic carbocycles. The maximum Gasteiger partial charge on any atom is 0.191 e. The van der Waals surface area contributed by atoms with Gasteiger partial charge in [0, 0.05) is 36.1 Å². The van der Waals surface area contributed by atoms with Crippen LogP contribution in [-0.4, -0.2) is 58.3 Å². The number of hydrogen-bond donors (Lipinski definition) is 1. The average molecular weight is 458 g/mol. The zero-order valence-corrected chi connectivity index (χ0v) is 19.3. The molecule has 8 heteroatoms. The number of nitrogens with one attached hydrogen (secondary N) is 1. The van der Waals surface area contributed by atoms with Crippen molar-refractivity contribution in [2.75, 3.05) is 43.9 Å². The van der Waals surface area contributed by atoms with Crippen LogP contribution in [0.3, 0.4) is 0 Å². The second-order valence-corrected chi connectivity index (χ2v) is 9.06. The van der Waals surface area contributed by atoms with E-state index in [1.165, 1.54) is 5.56 Å². The van der Waals surface area contributed by atoms with Gasteiger partial charge in [0.25, 0.3) is 0 Å². The number of aromatic nitrogens is 3. The lowest BCUT2D eigenvalue weighted by atomic mass is 10.2. The first-order chi connectivity index (χ1) is 15.2. The van der Waals surface area contributed by atoms with Crippen LogP contribution in [0.15, 0.2) is 53.7 Å². The van der Waals surface area contributed by atoms with Gasteiger partial charge in [0.2, 0.25) is 0 Å². The van der Waals surface area contributed by atoms with Gasteiger partial charge in [0.1, 0.15) is 0 Å². The predicted octanol–water partition coefficient (Wildman–Crippen LogP) is 4.32. The number of anilines is 1. The second-order valence-electron chi connectivity index (χ2n) is 7.59. The Kier molecular flexibility index (Phi) is 7.86. The number of hydrogen-bond acceptors (Lipinski definition) is 6. The second kappa shape index (κ2) is 11.0. The molecule has 31 heavy (non-hydrogen) atoms. The summed E-state index contributed by atoms with van der Waals surface area (Å²) < 4.78 is 7.65. The number of morpholine rings is 1. The summed E-state index contributed by atoms with van der Waals surface area (Å²) in [6.07, 6.45) is 0. The lowest BCUT2D eigenvalue weighted by Gasteiger charge is -2.26. The van der Waals surface area contributed by atoms with Crippen LogP contribution >= 0.6 is 23.4 Å². The molecule has 1 N–H and O–H groups in total. The van der Waals surface area contributed by atoms with E-state index in [0.29, 0.717) is 6.54 Å². The van der Waals surface area contributed by atoms with E-state index in [9.17, 15) is 0 Å². The van der Waals surface area contributed by atoms with Crippen molar-refractivity contribution in [3.05, 3.63) is 70.5 Å².